The molecule has 0 aliphatic heterocycles. The molecule has 0 aromatic carbocycles. The Morgan fingerprint density at radius 1 is 0.262 bits per heavy atom. The van der Waals surface area contributed by atoms with Crippen molar-refractivity contribution in [3.05, 3.63) is 0 Å². The van der Waals surface area contributed by atoms with Crippen molar-refractivity contribution in [1.82, 2.24) is 0 Å². The lowest BCUT2D eigenvalue weighted by molar-refractivity contribution is -0.161. The molecule has 0 heterocycles. The normalized spacial score (nSPS) is 14.1. The van der Waals surface area contributed by atoms with E-state index in [1.165, 1.54) is 263 Å². The maximum atomic E-state index is 13.2. The molecule has 0 spiro atoms. The highest BCUT2D eigenvalue weighted by Crippen LogP contribution is 2.45. The fourth-order valence-corrected chi connectivity index (χ4v) is 15.2. The van der Waals surface area contributed by atoms with Gasteiger partial charge in [0.2, 0.25) is 0 Å². The zero-order valence-corrected chi connectivity index (χ0v) is 72.6. The summed E-state index contributed by atoms with van der Waals surface area (Å²) in [6.45, 7) is 14.4. The van der Waals surface area contributed by atoms with Crippen LogP contribution in [-0.2, 0) is 65.4 Å². The summed E-state index contributed by atoms with van der Waals surface area (Å²) in [5.74, 6) is 1.09. The molecule has 6 atom stereocenters. The van der Waals surface area contributed by atoms with E-state index in [0.717, 1.165) is 114 Å². The average molecular weight is 1560 g/mol. The summed E-state index contributed by atoms with van der Waals surface area (Å²) in [6.07, 6.45) is 66.6. The van der Waals surface area contributed by atoms with Crippen LogP contribution < -0.4 is 0 Å². The number of aliphatic hydroxyl groups is 1. The van der Waals surface area contributed by atoms with Crippen LogP contribution in [0.15, 0.2) is 0 Å². The van der Waals surface area contributed by atoms with Gasteiger partial charge in [-0.15, -0.1) is 0 Å². The van der Waals surface area contributed by atoms with Crippen molar-refractivity contribution in [2.75, 3.05) is 39.6 Å². The monoisotopic (exact) mass is 1560 g/mol. The van der Waals surface area contributed by atoms with Gasteiger partial charge in [-0.2, -0.15) is 0 Å². The molecule has 0 amide bonds. The summed E-state index contributed by atoms with van der Waals surface area (Å²) in [4.78, 5) is 73.3. The van der Waals surface area contributed by atoms with Crippen LogP contribution in [0.25, 0.3) is 0 Å². The first-order valence-corrected chi connectivity index (χ1v) is 48.2. The molecule has 0 saturated carbocycles. The number of rotatable bonds is 85. The van der Waals surface area contributed by atoms with Crippen molar-refractivity contribution >= 4 is 39.5 Å². The maximum absolute atomic E-state index is 13.2. The van der Waals surface area contributed by atoms with E-state index >= 15 is 0 Å². The van der Waals surface area contributed by atoms with Crippen LogP contribution in [0, 0.1) is 23.7 Å². The molecule has 3 unspecified atom stereocenters. The van der Waals surface area contributed by atoms with Crippen molar-refractivity contribution < 1.29 is 80.2 Å². The van der Waals surface area contributed by atoms with E-state index in [2.05, 4.69) is 55.4 Å². The highest BCUT2D eigenvalue weighted by molar-refractivity contribution is 7.47. The molecular weight excluding hydrogens is 1390 g/mol. The Kier molecular flexibility index (Phi) is 75.3. The smallest absolute Gasteiger partial charge is 0.462 e. The lowest BCUT2D eigenvalue weighted by Gasteiger charge is -2.21. The molecule has 0 aliphatic rings. The van der Waals surface area contributed by atoms with E-state index in [-0.39, 0.29) is 25.7 Å². The second-order valence-electron chi connectivity index (χ2n) is 33.3. The minimum Gasteiger partial charge on any atom is -0.462 e. The Morgan fingerprint density at radius 3 is 0.664 bits per heavy atom. The Hall–Kier alpha value is -1.94. The zero-order valence-electron chi connectivity index (χ0n) is 70.8. The van der Waals surface area contributed by atoms with Crippen molar-refractivity contribution in [1.29, 1.82) is 0 Å². The van der Waals surface area contributed by atoms with Gasteiger partial charge in [-0.1, -0.05) is 409 Å². The standard InChI is InChI=1S/C88H172O17P2/c1-9-81(8)67-59-51-43-34-28-22-14-12-10-11-13-15-24-30-36-46-54-62-70-87(92)104-83(74-98-85(90)68-60-52-44-35-29-23-18-16-20-26-32-40-48-56-64-78(2)3)76-102-106(94,95)100-72-82(89)73-101-107(96,97)103-77-84(75-99-86(91)69-61-53-45-39-38-42-50-58-66-80(6)7)105-88(93)71-63-55-47-37-31-25-19-17-21-27-33-41-49-57-65-79(4)5/h78-84,89H,9-77H2,1-8H3,(H,94,95)(H,96,97)/t81?,82-,83-,84-/m1/s1. The molecule has 0 radical (unpaired) electrons. The summed E-state index contributed by atoms with van der Waals surface area (Å²) in [5.41, 5.74) is 0. The topological polar surface area (TPSA) is 237 Å². The van der Waals surface area contributed by atoms with E-state index in [4.69, 9.17) is 37.0 Å². The molecule has 0 saturated heterocycles. The van der Waals surface area contributed by atoms with E-state index < -0.39 is 97.5 Å². The number of carbonyl (C=O) groups is 4. The fraction of sp³-hybridized carbons (Fsp3) is 0.955. The van der Waals surface area contributed by atoms with Gasteiger partial charge in [0.05, 0.1) is 26.4 Å². The average Bonchev–Trinajstić information content (AvgIpc) is 0.902. The molecule has 3 N–H and O–H groups in total. The number of phosphoric ester groups is 2. The number of hydrogen-bond acceptors (Lipinski definition) is 15. The predicted octanol–water partition coefficient (Wildman–Crippen LogP) is 26.7. The minimum absolute atomic E-state index is 0.107. The van der Waals surface area contributed by atoms with E-state index in [0.29, 0.717) is 25.7 Å². The highest BCUT2D eigenvalue weighted by atomic mass is 31.2. The third kappa shape index (κ3) is 80.5. The van der Waals surface area contributed by atoms with Crippen molar-refractivity contribution in [3.63, 3.8) is 0 Å². The number of phosphoric acid groups is 2. The molecule has 0 fully saturated rings. The first-order chi connectivity index (χ1) is 51.6. The van der Waals surface area contributed by atoms with Gasteiger partial charge >= 0.3 is 39.5 Å². The SMILES string of the molecule is CCC(C)CCCCCCCCCCCCCCCCCCCCC(=O)O[C@H](COC(=O)CCCCCCCCCCCCCCCCC(C)C)COP(=O)(O)OC[C@@H](O)COP(=O)(O)OC[C@@H](COC(=O)CCCCCCCCCCC(C)C)OC(=O)CCCCCCCCCCCCCCCCC(C)C. The summed E-state index contributed by atoms with van der Waals surface area (Å²) in [7, 11) is -9.93. The molecule has 0 bridgehead atoms. The van der Waals surface area contributed by atoms with Gasteiger partial charge < -0.3 is 33.8 Å². The van der Waals surface area contributed by atoms with Crippen molar-refractivity contribution in [2.24, 2.45) is 23.7 Å². The predicted molar refractivity (Wildman–Crippen MR) is 441 cm³/mol. The Bertz CT molecular complexity index is 2080. The van der Waals surface area contributed by atoms with Gasteiger partial charge in [-0.3, -0.25) is 37.3 Å². The largest absolute Gasteiger partial charge is 0.472 e. The number of esters is 4. The summed E-state index contributed by atoms with van der Waals surface area (Å²) in [5, 5.41) is 10.7. The molecule has 636 valence electrons. The number of ether oxygens (including phenoxy) is 4. The number of hydrogen-bond donors (Lipinski definition) is 3. The number of unbranched alkanes of at least 4 members (excludes halogenated alkanes) is 50. The van der Waals surface area contributed by atoms with Gasteiger partial charge in [0, 0.05) is 25.7 Å². The number of carbonyl (C=O) groups excluding carboxylic acids is 4. The van der Waals surface area contributed by atoms with Gasteiger partial charge in [0.15, 0.2) is 12.2 Å². The van der Waals surface area contributed by atoms with Crippen LogP contribution in [0.2, 0.25) is 0 Å². The van der Waals surface area contributed by atoms with E-state index in [1.807, 2.05) is 0 Å². The molecule has 17 nitrogen and oxygen atoms in total. The van der Waals surface area contributed by atoms with Gasteiger partial charge in [0.25, 0.3) is 0 Å². The van der Waals surface area contributed by atoms with Crippen LogP contribution in [0.5, 0.6) is 0 Å². The zero-order chi connectivity index (χ0) is 78.8. The lowest BCUT2D eigenvalue weighted by atomic mass is 9.99. The van der Waals surface area contributed by atoms with Crippen LogP contribution in [0.1, 0.15) is 460 Å². The van der Waals surface area contributed by atoms with Crippen LogP contribution in [0.3, 0.4) is 0 Å². The van der Waals surface area contributed by atoms with E-state index in [9.17, 15) is 43.2 Å². The van der Waals surface area contributed by atoms with Crippen LogP contribution in [-0.4, -0.2) is 96.7 Å². The van der Waals surface area contributed by atoms with Gasteiger partial charge in [0.1, 0.15) is 19.3 Å². The Labute approximate surface area is 658 Å². The number of aliphatic hydroxyl groups excluding tert-OH is 1. The fourth-order valence-electron chi connectivity index (χ4n) is 13.6. The van der Waals surface area contributed by atoms with Crippen LogP contribution >= 0.6 is 15.6 Å². The van der Waals surface area contributed by atoms with E-state index in [1.54, 1.807) is 0 Å². The van der Waals surface area contributed by atoms with Crippen molar-refractivity contribution in [2.45, 2.75) is 478 Å². The summed E-state index contributed by atoms with van der Waals surface area (Å²) in [6, 6.07) is 0. The van der Waals surface area contributed by atoms with Crippen molar-refractivity contribution in [3.8, 4) is 0 Å². The molecule has 0 aromatic rings. The molecule has 0 aliphatic carbocycles. The Morgan fingerprint density at radius 2 is 0.449 bits per heavy atom. The third-order valence-electron chi connectivity index (χ3n) is 20.9. The quantitative estimate of drug-likeness (QED) is 0.0222. The lowest BCUT2D eigenvalue weighted by Crippen LogP contribution is -2.30. The summed E-state index contributed by atoms with van der Waals surface area (Å²) >= 11 is 0. The van der Waals surface area contributed by atoms with Gasteiger partial charge in [-0.25, -0.2) is 9.13 Å². The first kappa shape index (κ1) is 105. The Balaban J connectivity index is 5.24. The molecule has 0 rings (SSSR count). The molecule has 107 heavy (non-hydrogen) atoms. The molecule has 0 aromatic heterocycles. The minimum atomic E-state index is -4.97. The highest BCUT2D eigenvalue weighted by Gasteiger charge is 2.31. The third-order valence-corrected chi connectivity index (χ3v) is 22.8. The second kappa shape index (κ2) is 76.7. The molecule has 19 heteroatoms. The maximum Gasteiger partial charge on any atom is 0.472 e. The molecular formula is C88H172O17P2. The summed E-state index contributed by atoms with van der Waals surface area (Å²) < 4.78 is 69.0. The first-order valence-electron chi connectivity index (χ1n) is 45.2. The second-order valence-corrected chi connectivity index (χ2v) is 36.2. The van der Waals surface area contributed by atoms with Gasteiger partial charge in [-0.05, 0) is 49.4 Å². The van der Waals surface area contributed by atoms with Crippen LogP contribution in [0.4, 0.5) is 0 Å².